The van der Waals surface area contributed by atoms with E-state index in [1.54, 1.807) is 27.7 Å². The van der Waals surface area contributed by atoms with Crippen molar-refractivity contribution in [1.29, 1.82) is 0 Å². The first-order valence-electron chi connectivity index (χ1n) is 5.54. The van der Waals surface area contributed by atoms with Gasteiger partial charge in [0.2, 0.25) is 0 Å². The predicted octanol–water partition coefficient (Wildman–Crippen LogP) is 3.52. The van der Waals surface area contributed by atoms with Crippen molar-refractivity contribution in [3.05, 3.63) is 38.9 Å². The lowest BCUT2D eigenvalue weighted by Gasteiger charge is -2.18. The lowest BCUT2D eigenvalue weighted by Crippen LogP contribution is -2.26. The summed E-state index contributed by atoms with van der Waals surface area (Å²) in [5.41, 5.74) is 0.769. The summed E-state index contributed by atoms with van der Waals surface area (Å²) < 4.78 is 15.5. The molecule has 0 spiro atoms. The Morgan fingerprint density at radius 1 is 1.42 bits per heavy atom. The minimum atomic E-state index is -1.43. The molecular weight excluding hydrogens is 288 g/mol. The smallest absolute Gasteiger partial charge is 0.270 e. The minimum Gasteiger partial charge on any atom is -0.591 e. The van der Waals surface area contributed by atoms with Crippen LogP contribution in [0.2, 0.25) is 5.02 Å². The normalized spacial score (nSPS) is 14.3. The lowest BCUT2D eigenvalue weighted by molar-refractivity contribution is -0.384. The van der Waals surface area contributed by atoms with E-state index < -0.39 is 21.0 Å². The van der Waals surface area contributed by atoms with Crippen LogP contribution in [0.15, 0.2) is 22.6 Å². The Bertz CT molecular complexity index is 526. The Hall–Kier alpha value is -1.11. The van der Waals surface area contributed by atoms with E-state index >= 15 is 0 Å². The number of nitrogens with zero attached hydrogens (tertiary/aromatic N) is 2. The van der Waals surface area contributed by atoms with Gasteiger partial charge in [0.25, 0.3) is 5.69 Å². The molecule has 0 aromatic heterocycles. The van der Waals surface area contributed by atoms with Crippen molar-refractivity contribution in [3.63, 3.8) is 0 Å². The molecule has 1 unspecified atom stereocenters. The van der Waals surface area contributed by atoms with Gasteiger partial charge >= 0.3 is 0 Å². The molecule has 104 valence electrons. The van der Waals surface area contributed by atoms with Crippen molar-refractivity contribution in [1.82, 2.24) is 0 Å². The molecule has 5 nitrogen and oxygen atoms in total. The van der Waals surface area contributed by atoms with E-state index in [1.807, 2.05) is 0 Å². The number of hydrogen-bond donors (Lipinski definition) is 0. The molecule has 0 fully saturated rings. The summed E-state index contributed by atoms with van der Waals surface area (Å²) in [6, 6.07) is 4.09. The van der Waals surface area contributed by atoms with Crippen molar-refractivity contribution >= 4 is 34.4 Å². The number of benzene rings is 1. The van der Waals surface area contributed by atoms with Crippen LogP contribution in [0.4, 0.5) is 5.69 Å². The zero-order chi connectivity index (χ0) is 14.8. The van der Waals surface area contributed by atoms with Gasteiger partial charge in [-0.1, -0.05) is 16.0 Å². The molecular formula is C12H15ClN2O3S. The molecule has 0 N–H and O–H groups in total. The van der Waals surface area contributed by atoms with Crippen molar-refractivity contribution in [3.8, 4) is 0 Å². The zero-order valence-corrected chi connectivity index (χ0v) is 12.7. The van der Waals surface area contributed by atoms with Crippen LogP contribution in [-0.2, 0) is 11.4 Å². The Balaban J connectivity index is 3.19. The van der Waals surface area contributed by atoms with Crippen molar-refractivity contribution < 1.29 is 9.48 Å². The van der Waals surface area contributed by atoms with Gasteiger partial charge in [-0.3, -0.25) is 10.1 Å². The van der Waals surface area contributed by atoms with E-state index in [4.69, 9.17) is 11.6 Å². The third kappa shape index (κ3) is 4.19. The lowest BCUT2D eigenvalue weighted by atomic mass is 10.1. The molecule has 0 amide bonds. The van der Waals surface area contributed by atoms with Gasteiger partial charge in [0, 0.05) is 17.7 Å². The Morgan fingerprint density at radius 3 is 2.47 bits per heavy atom. The van der Waals surface area contributed by atoms with E-state index in [9.17, 15) is 14.7 Å². The van der Waals surface area contributed by atoms with Gasteiger partial charge < -0.3 is 4.55 Å². The fourth-order valence-electron chi connectivity index (χ4n) is 1.21. The van der Waals surface area contributed by atoms with E-state index in [1.165, 1.54) is 18.2 Å². The molecule has 0 saturated heterocycles. The van der Waals surface area contributed by atoms with Crippen LogP contribution in [0, 0.1) is 10.1 Å². The highest BCUT2D eigenvalue weighted by atomic mass is 35.5. The van der Waals surface area contributed by atoms with Crippen LogP contribution in [0.3, 0.4) is 0 Å². The Kier molecular flexibility index (Phi) is 4.95. The number of rotatable bonds is 3. The largest absolute Gasteiger partial charge is 0.591 e. The quantitative estimate of drug-likeness (QED) is 0.371. The molecule has 0 heterocycles. The van der Waals surface area contributed by atoms with Gasteiger partial charge in [-0.25, -0.2) is 0 Å². The molecule has 1 rings (SSSR count). The van der Waals surface area contributed by atoms with E-state index in [0.29, 0.717) is 16.3 Å². The molecule has 0 aliphatic heterocycles. The van der Waals surface area contributed by atoms with E-state index in [2.05, 4.69) is 4.40 Å². The van der Waals surface area contributed by atoms with E-state index in [0.717, 1.165) is 0 Å². The maximum absolute atomic E-state index is 11.9. The highest BCUT2D eigenvalue weighted by Crippen LogP contribution is 2.24. The molecule has 0 bridgehead atoms. The van der Waals surface area contributed by atoms with E-state index in [-0.39, 0.29) is 5.69 Å². The predicted molar refractivity (Wildman–Crippen MR) is 78.2 cm³/mol. The second kappa shape index (κ2) is 5.90. The molecule has 1 atom stereocenters. The third-order valence-electron chi connectivity index (χ3n) is 2.29. The SMILES string of the molecule is C/C(=N\[S+]([O-])C(C)(C)C)c1cc([N+](=O)[O-])ccc1Cl. The number of nitro groups is 1. The fourth-order valence-corrected chi connectivity index (χ4v) is 2.09. The fraction of sp³-hybridized carbons (Fsp3) is 0.417. The Morgan fingerprint density at radius 2 is 2.00 bits per heavy atom. The summed E-state index contributed by atoms with van der Waals surface area (Å²) in [6.45, 7) is 7.04. The average Bonchev–Trinajstić information content (AvgIpc) is 2.27. The number of non-ortho nitro benzene ring substituents is 1. The summed E-state index contributed by atoms with van der Waals surface area (Å²) in [5.74, 6) is 0. The first kappa shape index (κ1) is 15.9. The van der Waals surface area contributed by atoms with Gasteiger partial charge in [0.05, 0.1) is 15.7 Å². The summed E-state index contributed by atoms with van der Waals surface area (Å²) in [4.78, 5) is 10.2. The van der Waals surface area contributed by atoms with Gasteiger partial charge in [-0.15, -0.1) is 0 Å². The molecule has 0 saturated carbocycles. The third-order valence-corrected chi connectivity index (χ3v) is 4.11. The molecule has 7 heteroatoms. The highest BCUT2D eigenvalue weighted by molar-refractivity contribution is 7.91. The topological polar surface area (TPSA) is 78.6 Å². The summed E-state index contributed by atoms with van der Waals surface area (Å²) in [6.07, 6.45) is 0. The van der Waals surface area contributed by atoms with Crippen molar-refractivity contribution in [2.75, 3.05) is 0 Å². The van der Waals surface area contributed by atoms with Crippen LogP contribution in [0.25, 0.3) is 0 Å². The number of nitro benzene ring substituents is 1. The summed E-state index contributed by atoms with van der Waals surface area (Å²) in [7, 11) is 0. The second-order valence-corrected chi connectivity index (χ2v) is 7.27. The van der Waals surface area contributed by atoms with Gasteiger partial charge in [0.1, 0.15) is 16.1 Å². The molecule has 1 aromatic rings. The van der Waals surface area contributed by atoms with Crippen LogP contribution in [0.5, 0.6) is 0 Å². The minimum absolute atomic E-state index is 0.0736. The number of hydrogen-bond acceptors (Lipinski definition) is 4. The monoisotopic (exact) mass is 302 g/mol. The van der Waals surface area contributed by atoms with Crippen LogP contribution < -0.4 is 0 Å². The van der Waals surface area contributed by atoms with Crippen LogP contribution >= 0.6 is 11.6 Å². The summed E-state index contributed by atoms with van der Waals surface area (Å²) >= 11 is 4.56. The number of halogens is 1. The first-order valence-corrected chi connectivity index (χ1v) is 7.03. The molecule has 0 aliphatic carbocycles. The molecule has 19 heavy (non-hydrogen) atoms. The first-order chi connectivity index (χ1) is 8.62. The standard InChI is InChI=1S/C12H15ClN2O3S/c1-8(14-19(18)12(2,3)4)10-7-9(15(16)17)5-6-11(10)13/h5-7H,1-4H3/b14-8+. The van der Waals surface area contributed by atoms with Gasteiger partial charge in [-0.2, -0.15) is 0 Å². The molecule has 0 radical (unpaired) electrons. The maximum atomic E-state index is 11.9. The second-order valence-electron chi connectivity index (χ2n) is 4.96. The maximum Gasteiger partial charge on any atom is 0.270 e. The van der Waals surface area contributed by atoms with Crippen LogP contribution in [-0.4, -0.2) is 19.9 Å². The van der Waals surface area contributed by atoms with Crippen molar-refractivity contribution in [2.24, 2.45) is 4.40 Å². The highest BCUT2D eigenvalue weighted by Gasteiger charge is 2.27. The molecule has 0 aliphatic rings. The van der Waals surface area contributed by atoms with Crippen LogP contribution in [0.1, 0.15) is 33.3 Å². The van der Waals surface area contributed by atoms with Gasteiger partial charge in [-0.05, 0) is 33.8 Å². The Labute approximate surface area is 120 Å². The molecule has 1 aromatic carbocycles. The van der Waals surface area contributed by atoms with Gasteiger partial charge in [0.15, 0.2) is 0 Å². The summed E-state index contributed by atoms with van der Waals surface area (Å²) in [5, 5.41) is 11.1. The zero-order valence-electron chi connectivity index (χ0n) is 11.1. The average molecular weight is 303 g/mol. The van der Waals surface area contributed by atoms with Crippen molar-refractivity contribution in [2.45, 2.75) is 32.4 Å².